The molecule has 0 saturated heterocycles. The van der Waals surface area contributed by atoms with Crippen molar-refractivity contribution in [1.29, 1.82) is 0 Å². The van der Waals surface area contributed by atoms with Gasteiger partial charge in [0.25, 0.3) is 0 Å². The molecule has 138 valence electrons. The number of methoxy groups -OCH3 is 2. The van der Waals surface area contributed by atoms with Crippen molar-refractivity contribution >= 4 is 23.3 Å². The highest BCUT2D eigenvalue weighted by Crippen LogP contribution is 2.39. The minimum Gasteiger partial charge on any atom is -0.467 e. The quantitative estimate of drug-likeness (QED) is 0.658. The summed E-state index contributed by atoms with van der Waals surface area (Å²) < 4.78 is 9.81. The number of aryl methyl sites for hydroxylation is 1. The predicted molar refractivity (Wildman–Crippen MR) is 97.1 cm³/mol. The normalized spacial score (nSPS) is 19.8. The van der Waals surface area contributed by atoms with E-state index >= 15 is 0 Å². The lowest BCUT2D eigenvalue weighted by atomic mass is 9.76. The predicted octanol–water partition coefficient (Wildman–Crippen LogP) is 2.32. The standard InChI is InChI=1S/C20H23NO5/c1-11-7-9-15(10-8-11)17-13(3)21-20(14(4)22,19(24)26-6)12(2)16(17)18(23)25-5/h7-10,21H,1-6H3/t20-/m1/s1. The number of ketones is 1. The first kappa shape index (κ1) is 19.4. The average molecular weight is 357 g/mol. The number of ether oxygens (including phenoxy) is 2. The zero-order valence-corrected chi connectivity index (χ0v) is 15.9. The number of esters is 2. The lowest BCUT2D eigenvalue weighted by molar-refractivity contribution is -0.150. The molecule has 0 spiro atoms. The first-order valence-electron chi connectivity index (χ1n) is 8.16. The highest BCUT2D eigenvalue weighted by atomic mass is 16.5. The number of carbonyl (C=O) groups excluding carboxylic acids is 3. The van der Waals surface area contributed by atoms with E-state index in [1.807, 2.05) is 31.2 Å². The maximum absolute atomic E-state index is 12.6. The van der Waals surface area contributed by atoms with Crippen molar-refractivity contribution in [3.05, 3.63) is 52.2 Å². The number of benzene rings is 1. The summed E-state index contributed by atoms with van der Waals surface area (Å²) >= 11 is 0. The van der Waals surface area contributed by atoms with E-state index in [0.29, 0.717) is 11.3 Å². The van der Waals surface area contributed by atoms with E-state index in [1.54, 1.807) is 13.8 Å². The molecule has 0 fully saturated rings. The van der Waals surface area contributed by atoms with Gasteiger partial charge in [0, 0.05) is 11.3 Å². The number of carbonyl (C=O) groups is 3. The van der Waals surface area contributed by atoms with Gasteiger partial charge in [0.05, 0.1) is 19.8 Å². The first-order valence-corrected chi connectivity index (χ1v) is 8.16. The van der Waals surface area contributed by atoms with Crippen molar-refractivity contribution in [2.45, 2.75) is 33.2 Å². The van der Waals surface area contributed by atoms with Crippen LogP contribution in [-0.2, 0) is 23.9 Å². The van der Waals surface area contributed by atoms with Gasteiger partial charge in [0.15, 0.2) is 5.78 Å². The molecule has 6 heteroatoms. The van der Waals surface area contributed by atoms with E-state index in [1.165, 1.54) is 21.1 Å². The smallest absolute Gasteiger partial charge is 0.343 e. The molecule has 1 aliphatic heterocycles. The van der Waals surface area contributed by atoms with Crippen LogP contribution < -0.4 is 5.32 Å². The Labute approximate surface area is 152 Å². The van der Waals surface area contributed by atoms with Crippen molar-refractivity contribution in [3.63, 3.8) is 0 Å². The molecule has 1 N–H and O–H groups in total. The fourth-order valence-electron chi connectivity index (χ4n) is 3.29. The molecule has 6 nitrogen and oxygen atoms in total. The average Bonchev–Trinajstić information content (AvgIpc) is 2.62. The number of Topliss-reactive ketones (excluding diaryl/α,β-unsaturated/α-hetero) is 1. The first-order chi connectivity index (χ1) is 12.2. The molecule has 0 unspecified atom stereocenters. The van der Waals surface area contributed by atoms with Crippen molar-refractivity contribution in [2.24, 2.45) is 0 Å². The summed E-state index contributed by atoms with van der Waals surface area (Å²) in [5.41, 5.74) is 1.65. The van der Waals surface area contributed by atoms with Gasteiger partial charge >= 0.3 is 11.9 Å². The summed E-state index contributed by atoms with van der Waals surface area (Å²) in [5, 5.41) is 2.99. The van der Waals surface area contributed by atoms with Crippen molar-refractivity contribution in [2.75, 3.05) is 14.2 Å². The van der Waals surface area contributed by atoms with E-state index in [0.717, 1.165) is 11.1 Å². The highest BCUT2D eigenvalue weighted by Gasteiger charge is 2.51. The molecule has 0 radical (unpaired) electrons. The molecule has 1 atom stereocenters. The molecular formula is C20H23NO5. The zero-order valence-electron chi connectivity index (χ0n) is 15.9. The third kappa shape index (κ3) is 2.92. The van der Waals surface area contributed by atoms with Crippen molar-refractivity contribution in [1.82, 2.24) is 5.32 Å². The van der Waals surface area contributed by atoms with Crippen LogP contribution in [0, 0.1) is 6.92 Å². The van der Waals surface area contributed by atoms with Gasteiger partial charge in [0.1, 0.15) is 0 Å². The Morgan fingerprint density at radius 1 is 0.962 bits per heavy atom. The molecule has 0 aliphatic carbocycles. The van der Waals surface area contributed by atoms with Crippen LogP contribution >= 0.6 is 0 Å². The van der Waals surface area contributed by atoms with Gasteiger partial charge in [0.2, 0.25) is 5.54 Å². The largest absolute Gasteiger partial charge is 0.467 e. The Kier molecular flexibility index (Phi) is 5.35. The lowest BCUT2D eigenvalue weighted by Gasteiger charge is -2.38. The topological polar surface area (TPSA) is 81.7 Å². The van der Waals surface area contributed by atoms with Crippen LogP contribution in [0.25, 0.3) is 5.57 Å². The second-order valence-corrected chi connectivity index (χ2v) is 6.28. The monoisotopic (exact) mass is 357 g/mol. The van der Waals surface area contributed by atoms with E-state index in [-0.39, 0.29) is 11.1 Å². The second-order valence-electron chi connectivity index (χ2n) is 6.28. The third-order valence-corrected chi connectivity index (χ3v) is 4.69. The molecule has 1 heterocycles. The Bertz CT molecular complexity index is 832. The minimum absolute atomic E-state index is 0.188. The third-order valence-electron chi connectivity index (χ3n) is 4.69. The number of rotatable bonds is 4. The van der Waals surface area contributed by atoms with Crippen LogP contribution in [0.2, 0.25) is 0 Å². The molecule has 0 bridgehead atoms. The summed E-state index contributed by atoms with van der Waals surface area (Å²) in [5.74, 6) is -1.86. The molecule has 0 saturated carbocycles. The molecule has 26 heavy (non-hydrogen) atoms. The fourth-order valence-corrected chi connectivity index (χ4v) is 3.29. The molecule has 1 aromatic carbocycles. The van der Waals surface area contributed by atoms with Gasteiger partial charge < -0.3 is 14.8 Å². The van der Waals surface area contributed by atoms with E-state index in [9.17, 15) is 14.4 Å². The van der Waals surface area contributed by atoms with Crippen molar-refractivity contribution in [3.8, 4) is 0 Å². The van der Waals surface area contributed by atoms with Crippen LogP contribution in [0.4, 0.5) is 0 Å². The van der Waals surface area contributed by atoms with Crippen LogP contribution in [0.5, 0.6) is 0 Å². The van der Waals surface area contributed by atoms with E-state index in [4.69, 9.17) is 9.47 Å². The van der Waals surface area contributed by atoms with Gasteiger partial charge in [-0.2, -0.15) is 0 Å². The molecule has 1 aromatic rings. The zero-order chi connectivity index (χ0) is 19.6. The van der Waals surface area contributed by atoms with Crippen LogP contribution in [0.1, 0.15) is 31.9 Å². The maximum Gasteiger partial charge on any atom is 0.343 e. The number of hydrogen-bond donors (Lipinski definition) is 1. The van der Waals surface area contributed by atoms with Crippen LogP contribution in [-0.4, -0.2) is 37.5 Å². The Morgan fingerprint density at radius 2 is 1.54 bits per heavy atom. The molecule has 0 aromatic heterocycles. The molecular weight excluding hydrogens is 334 g/mol. The van der Waals surface area contributed by atoms with E-state index < -0.39 is 23.3 Å². The Morgan fingerprint density at radius 3 is 2.00 bits per heavy atom. The van der Waals surface area contributed by atoms with Gasteiger partial charge in [-0.25, -0.2) is 9.59 Å². The van der Waals surface area contributed by atoms with Gasteiger partial charge in [-0.15, -0.1) is 0 Å². The SMILES string of the molecule is COC(=O)C1=C(C)[C@@](C(C)=O)(C(=O)OC)NC(C)=C1c1ccc(C)cc1. The number of nitrogens with one attached hydrogen (secondary N) is 1. The summed E-state index contributed by atoms with van der Waals surface area (Å²) in [4.78, 5) is 37.6. The highest BCUT2D eigenvalue weighted by molar-refractivity contribution is 6.17. The minimum atomic E-state index is -1.75. The number of hydrogen-bond acceptors (Lipinski definition) is 6. The maximum atomic E-state index is 12.6. The van der Waals surface area contributed by atoms with Gasteiger partial charge in [-0.3, -0.25) is 4.79 Å². The molecule has 0 amide bonds. The molecule has 2 rings (SSSR count). The fraction of sp³-hybridized carbons (Fsp3) is 0.350. The summed E-state index contributed by atoms with van der Waals surface area (Å²) in [6, 6.07) is 7.61. The van der Waals surface area contributed by atoms with E-state index in [2.05, 4.69) is 5.32 Å². The summed E-state index contributed by atoms with van der Waals surface area (Å²) in [6.45, 7) is 6.53. The van der Waals surface area contributed by atoms with Gasteiger partial charge in [-0.05, 0) is 38.8 Å². The van der Waals surface area contributed by atoms with Crippen molar-refractivity contribution < 1.29 is 23.9 Å². The Balaban J connectivity index is 2.82. The van der Waals surface area contributed by atoms with Gasteiger partial charge in [-0.1, -0.05) is 29.8 Å². The molecule has 1 aliphatic rings. The summed E-state index contributed by atoms with van der Waals surface area (Å²) in [7, 11) is 2.47. The number of dihydropyridines is 1. The van der Waals surface area contributed by atoms with Crippen LogP contribution in [0.3, 0.4) is 0 Å². The van der Waals surface area contributed by atoms with Crippen LogP contribution in [0.15, 0.2) is 41.1 Å². The lowest BCUT2D eigenvalue weighted by Crippen LogP contribution is -2.60. The Hall–Kier alpha value is -2.89. The number of allylic oxidation sites excluding steroid dienone is 1. The summed E-state index contributed by atoms with van der Waals surface area (Å²) in [6.07, 6.45) is 0. The second kappa shape index (κ2) is 7.15.